The zero-order valence-corrected chi connectivity index (χ0v) is 11.4. The van der Waals surface area contributed by atoms with Gasteiger partial charge in [0.2, 0.25) is 15.9 Å². The molecular formula is C13H13N3O3S. The van der Waals surface area contributed by atoms with Crippen molar-refractivity contribution in [1.82, 2.24) is 14.6 Å². The third kappa shape index (κ3) is 2.14. The quantitative estimate of drug-likeness (QED) is 0.866. The summed E-state index contributed by atoms with van der Waals surface area (Å²) in [7, 11) is -3.71. The Kier molecular flexibility index (Phi) is 3.15. The Bertz CT molecular complexity index is 768. The summed E-state index contributed by atoms with van der Waals surface area (Å²) >= 11 is 0. The minimum atomic E-state index is -3.71. The molecule has 0 saturated carbocycles. The van der Waals surface area contributed by atoms with E-state index < -0.39 is 10.0 Å². The molecule has 1 amide bonds. The van der Waals surface area contributed by atoms with Crippen LogP contribution in [0, 0.1) is 0 Å². The molecule has 0 unspecified atom stereocenters. The van der Waals surface area contributed by atoms with Gasteiger partial charge in [0.25, 0.3) is 0 Å². The van der Waals surface area contributed by atoms with Gasteiger partial charge in [-0.2, -0.15) is 4.31 Å². The Hall–Kier alpha value is -1.99. The third-order valence-corrected chi connectivity index (χ3v) is 5.09. The van der Waals surface area contributed by atoms with Crippen LogP contribution in [0.4, 0.5) is 0 Å². The van der Waals surface area contributed by atoms with Crippen LogP contribution in [-0.2, 0) is 14.8 Å². The molecular weight excluding hydrogens is 278 g/mol. The summed E-state index contributed by atoms with van der Waals surface area (Å²) in [4.78, 5) is 15.7. The number of carbonyl (C=O) groups is 1. The van der Waals surface area contributed by atoms with Crippen LogP contribution in [0.5, 0.6) is 0 Å². The molecule has 0 atom stereocenters. The van der Waals surface area contributed by atoms with Crippen LogP contribution in [0.2, 0.25) is 0 Å². The molecule has 0 aliphatic carbocycles. The van der Waals surface area contributed by atoms with E-state index in [4.69, 9.17) is 0 Å². The minimum absolute atomic E-state index is 0.144. The van der Waals surface area contributed by atoms with Crippen LogP contribution < -0.4 is 5.32 Å². The van der Waals surface area contributed by atoms with Crippen molar-refractivity contribution in [2.45, 2.75) is 4.90 Å². The maximum atomic E-state index is 12.7. The number of aromatic nitrogens is 1. The van der Waals surface area contributed by atoms with Gasteiger partial charge in [-0.05, 0) is 12.1 Å². The van der Waals surface area contributed by atoms with E-state index in [1.165, 1.54) is 10.4 Å². The van der Waals surface area contributed by atoms with Crippen molar-refractivity contribution in [3.05, 3.63) is 36.5 Å². The number of piperazine rings is 1. The molecule has 104 valence electrons. The van der Waals surface area contributed by atoms with Gasteiger partial charge in [-0.1, -0.05) is 18.2 Å². The van der Waals surface area contributed by atoms with Gasteiger partial charge in [-0.25, -0.2) is 8.42 Å². The molecule has 2 heterocycles. The fourth-order valence-electron chi connectivity index (χ4n) is 2.24. The van der Waals surface area contributed by atoms with E-state index in [0.717, 1.165) is 5.39 Å². The average Bonchev–Trinajstić information content (AvgIpc) is 2.46. The summed E-state index contributed by atoms with van der Waals surface area (Å²) in [5.74, 6) is -0.284. The predicted molar refractivity (Wildman–Crippen MR) is 73.5 cm³/mol. The van der Waals surface area contributed by atoms with E-state index in [0.29, 0.717) is 12.1 Å². The second kappa shape index (κ2) is 4.84. The smallest absolute Gasteiger partial charge is 0.245 e. The Balaban J connectivity index is 2.12. The van der Waals surface area contributed by atoms with E-state index in [1.54, 1.807) is 18.3 Å². The lowest BCUT2D eigenvalue weighted by Crippen LogP contribution is -2.49. The van der Waals surface area contributed by atoms with Crippen LogP contribution in [-0.4, -0.2) is 43.2 Å². The van der Waals surface area contributed by atoms with Gasteiger partial charge in [0, 0.05) is 24.7 Å². The number of fused-ring (bicyclic) bond motifs is 1. The molecule has 0 radical (unpaired) electrons. The number of rotatable bonds is 2. The van der Waals surface area contributed by atoms with E-state index >= 15 is 0 Å². The van der Waals surface area contributed by atoms with Crippen molar-refractivity contribution in [3.63, 3.8) is 0 Å². The molecule has 6 nitrogen and oxygen atoms in total. The molecule has 0 bridgehead atoms. The Morgan fingerprint density at radius 3 is 2.80 bits per heavy atom. The standard InChI is InChI=1S/C13H13N3O3S/c17-12-9-16(8-7-14-12)20(18,19)11-5-1-3-10-4-2-6-15-13(10)11/h1-6H,7-9H2,(H,14,17). The number of sulfonamides is 1. The first kappa shape index (κ1) is 13.0. The molecule has 1 aromatic carbocycles. The molecule has 1 aliphatic heterocycles. The average molecular weight is 291 g/mol. The van der Waals surface area contributed by atoms with Gasteiger partial charge < -0.3 is 5.32 Å². The number of carbonyl (C=O) groups excluding carboxylic acids is 1. The van der Waals surface area contributed by atoms with Crippen LogP contribution in [0.25, 0.3) is 10.9 Å². The number of pyridine rings is 1. The Morgan fingerprint density at radius 1 is 1.20 bits per heavy atom. The monoisotopic (exact) mass is 291 g/mol. The zero-order chi connectivity index (χ0) is 14.2. The third-order valence-electron chi connectivity index (χ3n) is 3.22. The largest absolute Gasteiger partial charge is 0.354 e. The van der Waals surface area contributed by atoms with Crippen molar-refractivity contribution in [1.29, 1.82) is 0 Å². The van der Waals surface area contributed by atoms with Crippen LogP contribution in [0.3, 0.4) is 0 Å². The molecule has 2 aromatic rings. The first-order valence-electron chi connectivity index (χ1n) is 6.19. The second-order valence-electron chi connectivity index (χ2n) is 4.52. The molecule has 1 aliphatic rings. The number of hydrogen-bond donors (Lipinski definition) is 1. The first-order chi connectivity index (χ1) is 9.59. The van der Waals surface area contributed by atoms with Gasteiger partial charge >= 0.3 is 0 Å². The normalized spacial score (nSPS) is 17.1. The van der Waals surface area contributed by atoms with Gasteiger partial charge in [-0.15, -0.1) is 0 Å². The molecule has 20 heavy (non-hydrogen) atoms. The van der Waals surface area contributed by atoms with Gasteiger partial charge in [0.05, 0.1) is 12.1 Å². The zero-order valence-electron chi connectivity index (χ0n) is 10.6. The molecule has 0 spiro atoms. The maximum Gasteiger partial charge on any atom is 0.245 e. The fraction of sp³-hybridized carbons (Fsp3) is 0.231. The lowest BCUT2D eigenvalue weighted by atomic mass is 10.2. The summed E-state index contributed by atoms with van der Waals surface area (Å²) < 4.78 is 26.5. The molecule has 3 rings (SSSR count). The maximum absolute atomic E-state index is 12.7. The molecule has 1 fully saturated rings. The highest BCUT2D eigenvalue weighted by atomic mass is 32.2. The SMILES string of the molecule is O=C1CN(S(=O)(=O)c2cccc3cccnc23)CCN1. The van der Waals surface area contributed by atoms with Crippen molar-refractivity contribution in [2.75, 3.05) is 19.6 Å². The Labute approximate surface area is 116 Å². The van der Waals surface area contributed by atoms with Crippen LogP contribution in [0.1, 0.15) is 0 Å². The van der Waals surface area contributed by atoms with Crippen LogP contribution in [0.15, 0.2) is 41.4 Å². The van der Waals surface area contributed by atoms with Gasteiger partial charge in [0.15, 0.2) is 0 Å². The molecule has 7 heteroatoms. The highest BCUT2D eigenvalue weighted by Crippen LogP contribution is 2.24. The van der Waals surface area contributed by atoms with E-state index in [-0.39, 0.29) is 23.9 Å². The summed E-state index contributed by atoms with van der Waals surface area (Å²) in [6.07, 6.45) is 1.56. The minimum Gasteiger partial charge on any atom is -0.354 e. The number of benzene rings is 1. The predicted octanol–water partition coefficient (Wildman–Crippen LogP) is 0.355. The number of nitrogens with zero attached hydrogens (tertiary/aromatic N) is 2. The number of hydrogen-bond acceptors (Lipinski definition) is 4. The number of nitrogens with one attached hydrogen (secondary N) is 1. The van der Waals surface area contributed by atoms with Gasteiger partial charge in [-0.3, -0.25) is 9.78 Å². The summed E-state index contributed by atoms with van der Waals surface area (Å²) in [6.45, 7) is 0.457. The number of amides is 1. The molecule has 1 N–H and O–H groups in total. The highest BCUT2D eigenvalue weighted by Gasteiger charge is 2.30. The van der Waals surface area contributed by atoms with E-state index in [1.807, 2.05) is 12.1 Å². The van der Waals surface area contributed by atoms with Gasteiger partial charge in [0.1, 0.15) is 4.90 Å². The highest BCUT2D eigenvalue weighted by molar-refractivity contribution is 7.89. The van der Waals surface area contributed by atoms with Crippen LogP contribution >= 0.6 is 0 Å². The summed E-state index contributed by atoms with van der Waals surface area (Å²) in [5, 5.41) is 3.37. The topological polar surface area (TPSA) is 79.4 Å². The van der Waals surface area contributed by atoms with Crippen molar-refractivity contribution >= 4 is 26.8 Å². The van der Waals surface area contributed by atoms with Crippen molar-refractivity contribution < 1.29 is 13.2 Å². The van der Waals surface area contributed by atoms with Crippen molar-refractivity contribution in [2.24, 2.45) is 0 Å². The lowest BCUT2D eigenvalue weighted by Gasteiger charge is -2.26. The second-order valence-corrected chi connectivity index (χ2v) is 6.43. The van der Waals surface area contributed by atoms with Crippen molar-refractivity contribution in [3.8, 4) is 0 Å². The summed E-state index contributed by atoms with van der Waals surface area (Å²) in [6, 6.07) is 8.58. The first-order valence-corrected chi connectivity index (χ1v) is 7.63. The number of para-hydroxylation sites is 1. The Morgan fingerprint density at radius 2 is 2.00 bits per heavy atom. The van der Waals surface area contributed by atoms with E-state index in [9.17, 15) is 13.2 Å². The fourth-order valence-corrected chi connectivity index (χ4v) is 3.81. The van der Waals surface area contributed by atoms with E-state index in [2.05, 4.69) is 10.3 Å². The summed E-state index contributed by atoms with van der Waals surface area (Å²) in [5.41, 5.74) is 0.431. The molecule has 1 saturated heterocycles. The lowest BCUT2D eigenvalue weighted by molar-refractivity contribution is -0.122. The molecule has 1 aromatic heterocycles.